The van der Waals surface area contributed by atoms with Gasteiger partial charge in [0.15, 0.2) is 6.61 Å². The van der Waals surface area contributed by atoms with Gasteiger partial charge in [0.25, 0.3) is 5.91 Å². The molecule has 4 rings (SSSR count). The zero-order chi connectivity index (χ0) is 24.1. The van der Waals surface area contributed by atoms with Crippen molar-refractivity contribution < 1.29 is 23.5 Å². The molecule has 34 heavy (non-hydrogen) atoms. The lowest BCUT2D eigenvalue weighted by molar-refractivity contribution is -0.126. The monoisotopic (exact) mass is 461 g/mol. The minimum Gasteiger partial charge on any atom is -0.484 e. The number of amides is 3. The van der Waals surface area contributed by atoms with Gasteiger partial charge in [0.05, 0.1) is 18.7 Å². The molecule has 0 bridgehead atoms. The number of anilines is 2. The summed E-state index contributed by atoms with van der Waals surface area (Å²) in [5, 5.41) is 5.63. The van der Waals surface area contributed by atoms with Gasteiger partial charge >= 0.3 is 0 Å². The van der Waals surface area contributed by atoms with Crippen LogP contribution in [0.4, 0.5) is 11.4 Å². The molecular weight excluding hydrogens is 434 g/mol. The maximum atomic E-state index is 12.5. The summed E-state index contributed by atoms with van der Waals surface area (Å²) in [5.74, 6) is 0.200. The molecule has 1 aromatic heterocycles. The van der Waals surface area contributed by atoms with E-state index in [9.17, 15) is 14.4 Å². The summed E-state index contributed by atoms with van der Waals surface area (Å²) < 4.78 is 10.8. The van der Waals surface area contributed by atoms with E-state index in [1.165, 1.54) is 0 Å². The van der Waals surface area contributed by atoms with Crippen LogP contribution in [0.5, 0.6) is 5.75 Å². The van der Waals surface area contributed by atoms with Crippen molar-refractivity contribution in [3.05, 3.63) is 77.7 Å². The second-order valence-corrected chi connectivity index (χ2v) is 8.33. The van der Waals surface area contributed by atoms with Crippen LogP contribution in [0.3, 0.4) is 0 Å². The minimum absolute atomic E-state index is 0.111. The first-order chi connectivity index (χ1) is 16.4. The van der Waals surface area contributed by atoms with Crippen molar-refractivity contribution in [3.8, 4) is 5.75 Å². The number of carbonyl (C=O) groups is 3. The molecule has 3 amide bonds. The van der Waals surface area contributed by atoms with Gasteiger partial charge in [-0.3, -0.25) is 14.4 Å². The van der Waals surface area contributed by atoms with Gasteiger partial charge in [0, 0.05) is 24.3 Å². The number of nitrogens with zero attached hydrogens (tertiary/aromatic N) is 1. The Hall–Kier alpha value is -4.07. The highest BCUT2D eigenvalue weighted by Gasteiger charge is 2.35. The predicted molar refractivity (Wildman–Crippen MR) is 127 cm³/mol. The molecule has 0 saturated carbocycles. The van der Waals surface area contributed by atoms with E-state index in [4.69, 9.17) is 9.15 Å². The summed E-state index contributed by atoms with van der Waals surface area (Å²) >= 11 is 0. The van der Waals surface area contributed by atoms with Crippen molar-refractivity contribution in [2.45, 2.75) is 26.8 Å². The van der Waals surface area contributed by atoms with Crippen LogP contribution in [0.1, 0.15) is 23.3 Å². The summed E-state index contributed by atoms with van der Waals surface area (Å²) in [7, 11) is 0. The molecule has 0 spiro atoms. The molecule has 3 aromatic rings. The van der Waals surface area contributed by atoms with Crippen LogP contribution in [0.15, 0.2) is 65.3 Å². The first kappa shape index (κ1) is 23.1. The Morgan fingerprint density at radius 2 is 1.88 bits per heavy atom. The van der Waals surface area contributed by atoms with Crippen LogP contribution in [0.25, 0.3) is 0 Å². The Bertz CT molecular complexity index is 1170. The number of nitrogens with one attached hydrogen (secondary N) is 2. The molecule has 0 radical (unpaired) electrons. The molecule has 1 atom stereocenters. The average molecular weight is 462 g/mol. The third-order valence-electron chi connectivity index (χ3n) is 5.82. The van der Waals surface area contributed by atoms with Gasteiger partial charge in [-0.2, -0.15) is 0 Å². The van der Waals surface area contributed by atoms with Crippen molar-refractivity contribution >= 4 is 29.1 Å². The number of furan rings is 1. The fourth-order valence-electron chi connectivity index (χ4n) is 3.75. The maximum Gasteiger partial charge on any atom is 0.262 e. The number of aryl methyl sites for hydroxylation is 2. The van der Waals surface area contributed by atoms with E-state index in [0.29, 0.717) is 30.3 Å². The van der Waals surface area contributed by atoms with Gasteiger partial charge in [-0.1, -0.05) is 6.07 Å². The number of hydrogen-bond donors (Lipinski definition) is 2. The van der Waals surface area contributed by atoms with E-state index in [0.717, 1.165) is 16.8 Å². The number of benzene rings is 2. The van der Waals surface area contributed by atoms with E-state index in [-0.39, 0.29) is 30.7 Å². The quantitative estimate of drug-likeness (QED) is 0.534. The zero-order valence-corrected chi connectivity index (χ0v) is 19.2. The van der Waals surface area contributed by atoms with Crippen molar-refractivity contribution in [1.82, 2.24) is 5.32 Å². The van der Waals surface area contributed by atoms with Gasteiger partial charge < -0.3 is 24.7 Å². The molecule has 1 aliphatic rings. The number of ether oxygens (including phenoxy) is 1. The molecule has 2 N–H and O–H groups in total. The first-order valence-corrected chi connectivity index (χ1v) is 11.1. The fourth-order valence-corrected chi connectivity index (χ4v) is 3.75. The lowest BCUT2D eigenvalue weighted by atomic mass is 10.1. The third kappa shape index (κ3) is 5.64. The normalized spacial score (nSPS) is 15.3. The summed E-state index contributed by atoms with van der Waals surface area (Å²) in [5.41, 5.74) is 3.66. The highest BCUT2D eigenvalue weighted by atomic mass is 16.5. The van der Waals surface area contributed by atoms with E-state index >= 15 is 0 Å². The third-order valence-corrected chi connectivity index (χ3v) is 5.82. The SMILES string of the molecule is Cc1ccc(NC(=O)COc2ccc(N3C[C@H](C(=O)NCc4ccco4)CC3=O)cc2)cc1C. The Labute approximate surface area is 197 Å². The lowest BCUT2D eigenvalue weighted by Gasteiger charge is -2.17. The highest BCUT2D eigenvalue weighted by molar-refractivity contribution is 6.00. The smallest absolute Gasteiger partial charge is 0.262 e. The maximum absolute atomic E-state index is 12.5. The van der Waals surface area contributed by atoms with E-state index in [1.807, 2.05) is 32.0 Å². The van der Waals surface area contributed by atoms with Gasteiger partial charge in [-0.15, -0.1) is 0 Å². The molecule has 1 aliphatic heterocycles. The fraction of sp³-hybridized carbons (Fsp3) is 0.269. The molecule has 8 heteroatoms. The number of rotatable bonds is 8. The molecule has 176 valence electrons. The van der Waals surface area contributed by atoms with Crippen molar-refractivity contribution in [2.75, 3.05) is 23.4 Å². The first-order valence-electron chi connectivity index (χ1n) is 11.1. The minimum atomic E-state index is -0.424. The van der Waals surface area contributed by atoms with Gasteiger partial charge in [0.1, 0.15) is 11.5 Å². The Morgan fingerprint density at radius 1 is 1.09 bits per heavy atom. The van der Waals surface area contributed by atoms with E-state index in [1.54, 1.807) is 47.6 Å². The standard InChI is InChI=1S/C26H27N3O5/c1-17-5-6-20(12-18(17)2)28-24(30)16-34-22-9-7-21(8-10-22)29-15-19(13-25(29)31)26(32)27-14-23-4-3-11-33-23/h3-12,19H,13-16H2,1-2H3,(H,27,32)(H,28,30)/t19-/m1/s1. The largest absolute Gasteiger partial charge is 0.484 e. The Balaban J connectivity index is 1.27. The van der Waals surface area contributed by atoms with E-state index in [2.05, 4.69) is 10.6 Å². The molecule has 2 heterocycles. The van der Waals surface area contributed by atoms with E-state index < -0.39 is 5.92 Å². The predicted octanol–water partition coefficient (Wildman–Crippen LogP) is 3.58. The van der Waals surface area contributed by atoms with Crippen molar-refractivity contribution in [2.24, 2.45) is 5.92 Å². The molecule has 8 nitrogen and oxygen atoms in total. The van der Waals surface area contributed by atoms with Gasteiger partial charge in [-0.25, -0.2) is 0 Å². The van der Waals surface area contributed by atoms with Crippen molar-refractivity contribution in [3.63, 3.8) is 0 Å². The van der Waals surface area contributed by atoms with Gasteiger partial charge in [0.2, 0.25) is 11.8 Å². The van der Waals surface area contributed by atoms with Crippen molar-refractivity contribution in [1.29, 1.82) is 0 Å². The summed E-state index contributed by atoms with van der Waals surface area (Å²) in [4.78, 5) is 38.7. The summed E-state index contributed by atoms with van der Waals surface area (Å²) in [6, 6.07) is 16.2. The molecule has 0 aliphatic carbocycles. The van der Waals surface area contributed by atoms with Crippen LogP contribution in [0, 0.1) is 19.8 Å². The lowest BCUT2D eigenvalue weighted by Crippen LogP contribution is -2.32. The van der Waals surface area contributed by atoms with Crippen LogP contribution in [-0.4, -0.2) is 30.9 Å². The zero-order valence-electron chi connectivity index (χ0n) is 19.2. The van der Waals surface area contributed by atoms with Crippen LogP contribution in [-0.2, 0) is 20.9 Å². The summed E-state index contributed by atoms with van der Waals surface area (Å²) in [6.07, 6.45) is 1.70. The number of hydrogen-bond acceptors (Lipinski definition) is 5. The topological polar surface area (TPSA) is 101 Å². The molecule has 1 saturated heterocycles. The molecule has 0 unspecified atom stereocenters. The Kier molecular flexibility index (Phi) is 6.96. The summed E-state index contributed by atoms with van der Waals surface area (Å²) in [6.45, 7) is 4.47. The Morgan fingerprint density at radius 3 is 2.59 bits per heavy atom. The molecule has 2 aromatic carbocycles. The van der Waals surface area contributed by atoms with Crippen LogP contribution < -0.4 is 20.3 Å². The number of carbonyl (C=O) groups excluding carboxylic acids is 3. The van der Waals surface area contributed by atoms with Crippen LogP contribution in [0.2, 0.25) is 0 Å². The second-order valence-electron chi connectivity index (χ2n) is 8.33. The molecule has 1 fully saturated rings. The highest BCUT2D eigenvalue weighted by Crippen LogP contribution is 2.27. The molecular formula is C26H27N3O5. The van der Waals surface area contributed by atoms with Crippen LogP contribution >= 0.6 is 0 Å². The van der Waals surface area contributed by atoms with Gasteiger partial charge in [-0.05, 0) is 73.5 Å². The second kappa shape index (κ2) is 10.2. The average Bonchev–Trinajstić information content (AvgIpc) is 3.49.